The number of carbonyl (C=O) groups is 1. The van der Waals surface area contributed by atoms with E-state index in [2.05, 4.69) is 10.3 Å². The summed E-state index contributed by atoms with van der Waals surface area (Å²) >= 11 is 0. The van der Waals surface area contributed by atoms with Gasteiger partial charge in [0.15, 0.2) is 11.6 Å². The summed E-state index contributed by atoms with van der Waals surface area (Å²) in [6.45, 7) is 0.345. The molecule has 1 heterocycles. The molecule has 19 heavy (non-hydrogen) atoms. The molecule has 2 N–H and O–H groups in total. The minimum atomic E-state index is -0.332. The molecular formula is C14H14N2O3. The number of anilines is 1. The topological polar surface area (TPSA) is 71.5 Å². The molecule has 1 amide bonds. The average Bonchev–Trinajstić information content (AvgIpc) is 2.42. The van der Waals surface area contributed by atoms with Gasteiger partial charge in [-0.25, -0.2) is 4.98 Å². The van der Waals surface area contributed by atoms with Gasteiger partial charge < -0.3 is 15.2 Å². The molecule has 0 unspecified atom stereocenters. The standard InChI is InChI=1S/C14H14N2O3/c1-19-9-10-5-2-3-6-11(10)14(18)16-13-12(17)7-4-8-15-13/h2-8,17H,9H2,1H3,(H,15,16,18). The van der Waals surface area contributed by atoms with Crippen LogP contribution in [0.25, 0.3) is 0 Å². The van der Waals surface area contributed by atoms with Gasteiger partial charge in [-0.05, 0) is 23.8 Å². The zero-order valence-electron chi connectivity index (χ0n) is 10.5. The van der Waals surface area contributed by atoms with E-state index in [4.69, 9.17) is 4.74 Å². The summed E-state index contributed by atoms with van der Waals surface area (Å²) in [5.41, 5.74) is 1.27. The van der Waals surface area contributed by atoms with E-state index in [1.165, 1.54) is 12.3 Å². The first-order chi connectivity index (χ1) is 9.22. The molecule has 0 saturated heterocycles. The van der Waals surface area contributed by atoms with Crippen LogP contribution in [0.2, 0.25) is 0 Å². The van der Waals surface area contributed by atoms with E-state index in [1.54, 1.807) is 25.3 Å². The highest BCUT2D eigenvalue weighted by atomic mass is 16.5. The van der Waals surface area contributed by atoms with Crippen LogP contribution in [-0.2, 0) is 11.3 Å². The Morgan fingerprint density at radius 3 is 2.84 bits per heavy atom. The Hall–Kier alpha value is -2.40. The van der Waals surface area contributed by atoms with Crippen molar-refractivity contribution in [3.63, 3.8) is 0 Å². The van der Waals surface area contributed by atoms with Crippen molar-refractivity contribution in [3.8, 4) is 5.75 Å². The first-order valence-electron chi connectivity index (χ1n) is 5.74. The lowest BCUT2D eigenvalue weighted by molar-refractivity contribution is 0.102. The summed E-state index contributed by atoms with van der Waals surface area (Å²) in [6.07, 6.45) is 1.50. The van der Waals surface area contributed by atoms with Crippen molar-refractivity contribution in [2.75, 3.05) is 12.4 Å². The number of aromatic hydroxyl groups is 1. The fourth-order valence-electron chi connectivity index (χ4n) is 1.69. The second kappa shape index (κ2) is 5.97. The third-order valence-corrected chi connectivity index (χ3v) is 2.58. The van der Waals surface area contributed by atoms with Crippen LogP contribution in [0.4, 0.5) is 5.82 Å². The summed E-state index contributed by atoms with van der Waals surface area (Å²) in [5, 5.41) is 12.1. The van der Waals surface area contributed by atoms with Gasteiger partial charge in [0.05, 0.1) is 6.61 Å². The maximum absolute atomic E-state index is 12.1. The van der Waals surface area contributed by atoms with Crippen molar-refractivity contribution in [3.05, 3.63) is 53.7 Å². The van der Waals surface area contributed by atoms with Gasteiger partial charge in [0, 0.05) is 18.9 Å². The second-order valence-electron chi connectivity index (χ2n) is 3.92. The minimum Gasteiger partial charge on any atom is -0.504 e. The Morgan fingerprint density at radius 2 is 2.11 bits per heavy atom. The summed E-state index contributed by atoms with van der Waals surface area (Å²) in [7, 11) is 1.57. The number of rotatable bonds is 4. The van der Waals surface area contributed by atoms with Gasteiger partial charge in [0.1, 0.15) is 0 Å². The zero-order chi connectivity index (χ0) is 13.7. The van der Waals surface area contributed by atoms with E-state index >= 15 is 0 Å². The third kappa shape index (κ3) is 3.08. The first-order valence-corrected chi connectivity index (χ1v) is 5.74. The maximum atomic E-state index is 12.1. The summed E-state index contributed by atoms with van der Waals surface area (Å²) in [4.78, 5) is 16.1. The molecule has 0 spiro atoms. The Morgan fingerprint density at radius 1 is 1.32 bits per heavy atom. The van der Waals surface area contributed by atoms with E-state index in [0.29, 0.717) is 12.2 Å². The molecule has 0 fully saturated rings. The lowest BCUT2D eigenvalue weighted by atomic mass is 10.1. The molecule has 2 rings (SSSR count). The van der Waals surface area contributed by atoms with Crippen LogP contribution in [0.1, 0.15) is 15.9 Å². The van der Waals surface area contributed by atoms with E-state index in [9.17, 15) is 9.90 Å². The summed E-state index contributed by atoms with van der Waals surface area (Å²) in [5.74, 6) is -0.263. The number of hydrogen-bond donors (Lipinski definition) is 2. The number of pyridine rings is 1. The first kappa shape index (κ1) is 13.0. The molecule has 0 radical (unpaired) electrons. The summed E-state index contributed by atoms with van der Waals surface area (Å²) < 4.78 is 5.05. The predicted octanol–water partition coefficient (Wildman–Crippen LogP) is 2.19. The highest BCUT2D eigenvalue weighted by Crippen LogP contribution is 2.20. The van der Waals surface area contributed by atoms with E-state index in [1.807, 2.05) is 12.1 Å². The number of amides is 1. The van der Waals surface area contributed by atoms with Crippen LogP contribution < -0.4 is 5.32 Å². The number of nitrogens with zero attached hydrogens (tertiary/aromatic N) is 1. The molecule has 0 saturated carbocycles. The Balaban J connectivity index is 2.23. The molecule has 98 valence electrons. The highest BCUT2D eigenvalue weighted by molar-refractivity contribution is 6.05. The van der Waals surface area contributed by atoms with Crippen LogP contribution in [-0.4, -0.2) is 23.1 Å². The lowest BCUT2D eigenvalue weighted by Crippen LogP contribution is -2.15. The predicted molar refractivity (Wildman–Crippen MR) is 71.0 cm³/mol. The quantitative estimate of drug-likeness (QED) is 0.881. The fraction of sp³-hybridized carbons (Fsp3) is 0.143. The smallest absolute Gasteiger partial charge is 0.257 e. The minimum absolute atomic E-state index is 0.0694. The van der Waals surface area contributed by atoms with Crippen LogP contribution in [0, 0.1) is 0 Å². The molecule has 0 bridgehead atoms. The molecule has 1 aromatic heterocycles. The molecule has 2 aromatic rings. The van der Waals surface area contributed by atoms with Crippen LogP contribution >= 0.6 is 0 Å². The number of nitrogens with one attached hydrogen (secondary N) is 1. The van der Waals surface area contributed by atoms with Crippen molar-refractivity contribution < 1.29 is 14.6 Å². The Kier molecular flexibility index (Phi) is 4.10. The number of carbonyl (C=O) groups excluding carboxylic acids is 1. The maximum Gasteiger partial charge on any atom is 0.257 e. The monoisotopic (exact) mass is 258 g/mol. The molecule has 5 nitrogen and oxygen atoms in total. The van der Waals surface area contributed by atoms with Crippen LogP contribution in [0.3, 0.4) is 0 Å². The molecule has 5 heteroatoms. The molecule has 1 aromatic carbocycles. The number of benzene rings is 1. The fourth-order valence-corrected chi connectivity index (χ4v) is 1.69. The van der Waals surface area contributed by atoms with Crippen LogP contribution in [0.15, 0.2) is 42.6 Å². The number of ether oxygens (including phenoxy) is 1. The van der Waals surface area contributed by atoms with Gasteiger partial charge in [-0.3, -0.25) is 4.79 Å². The lowest BCUT2D eigenvalue weighted by Gasteiger charge is -2.09. The highest BCUT2D eigenvalue weighted by Gasteiger charge is 2.13. The SMILES string of the molecule is COCc1ccccc1C(=O)Nc1ncccc1O. The summed E-state index contributed by atoms with van der Waals surface area (Å²) in [6, 6.07) is 10.2. The van der Waals surface area contributed by atoms with Crippen molar-refractivity contribution in [1.29, 1.82) is 0 Å². The molecule has 0 aliphatic heterocycles. The molecular weight excluding hydrogens is 244 g/mol. The van der Waals surface area contributed by atoms with E-state index in [-0.39, 0.29) is 17.5 Å². The van der Waals surface area contributed by atoms with Crippen molar-refractivity contribution in [1.82, 2.24) is 4.98 Å². The van der Waals surface area contributed by atoms with Gasteiger partial charge in [0.25, 0.3) is 5.91 Å². The van der Waals surface area contributed by atoms with Crippen molar-refractivity contribution in [2.45, 2.75) is 6.61 Å². The van der Waals surface area contributed by atoms with Gasteiger partial charge in [0.2, 0.25) is 0 Å². The molecule has 0 atom stereocenters. The Bertz CT molecular complexity index is 584. The normalized spacial score (nSPS) is 10.2. The average molecular weight is 258 g/mol. The molecule has 0 aliphatic rings. The van der Waals surface area contributed by atoms with E-state index in [0.717, 1.165) is 5.56 Å². The van der Waals surface area contributed by atoms with E-state index < -0.39 is 0 Å². The van der Waals surface area contributed by atoms with Crippen molar-refractivity contribution >= 4 is 11.7 Å². The van der Waals surface area contributed by atoms with Gasteiger partial charge in [-0.1, -0.05) is 18.2 Å². The Labute approximate surface area is 110 Å². The number of hydrogen-bond acceptors (Lipinski definition) is 4. The van der Waals surface area contributed by atoms with Crippen LogP contribution in [0.5, 0.6) is 5.75 Å². The third-order valence-electron chi connectivity index (χ3n) is 2.58. The van der Waals surface area contributed by atoms with Crippen molar-refractivity contribution in [2.24, 2.45) is 0 Å². The van der Waals surface area contributed by atoms with Gasteiger partial charge in [-0.2, -0.15) is 0 Å². The van der Waals surface area contributed by atoms with Gasteiger partial charge >= 0.3 is 0 Å². The molecule has 0 aliphatic carbocycles. The number of aromatic nitrogens is 1. The number of methoxy groups -OCH3 is 1. The zero-order valence-corrected chi connectivity index (χ0v) is 10.5. The second-order valence-corrected chi connectivity index (χ2v) is 3.92. The van der Waals surface area contributed by atoms with Gasteiger partial charge in [-0.15, -0.1) is 0 Å². The largest absolute Gasteiger partial charge is 0.504 e.